The number of sulfonamides is 1. The third-order valence-electron chi connectivity index (χ3n) is 3.90. The van der Waals surface area contributed by atoms with E-state index in [1.54, 1.807) is 39.0 Å². The number of anilines is 2. The van der Waals surface area contributed by atoms with Gasteiger partial charge in [0.25, 0.3) is 5.91 Å². The number of aromatic carboxylic acids is 1. The van der Waals surface area contributed by atoms with E-state index in [9.17, 15) is 18.0 Å². The maximum Gasteiger partial charge on any atom is 0.339 e. The SMILES string of the molecule is CCCS(=O)(=O)Nc1cccc(NC(=O)c2cc(C(=O)O)c(CC)o2)c1C. The number of benzene rings is 1. The number of nitrogens with one attached hydrogen (secondary N) is 2. The molecular weight excluding hydrogens is 372 g/mol. The summed E-state index contributed by atoms with van der Waals surface area (Å²) < 4.78 is 31.8. The average molecular weight is 394 g/mol. The van der Waals surface area contributed by atoms with Crippen LogP contribution in [0.25, 0.3) is 0 Å². The maximum absolute atomic E-state index is 12.4. The lowest BCUT2D eigenvalue weighted by Gasteiger charge is -2.13. The molecule has 1 aromatic carbocycles. The fourth-order valence-electron chi connectivity index (χ4n) is 2.54. The van der Waals surface area contributed by atoms with Crippen molar-refractivity contribution in [2.24, 2.45) is 0 Å². The number of carbonyl (C=O) groups is 2. The number of carboxylic acids is 1. The smallest absolute Gasteiger partial charge is 0.339 e. The van der Waals surface area contributed by atoms with Gasteiger partial charge in [-0.2, -0.15) is 0 Å². The Hall–Kier alpha value is -2.81. The molecule has 1 aromatic heterocycles. The average Bonchev–Trinajstić information content (AvgIpc) is 3.03. The fraction of sp³-hybridized carbons (Fsp3) is 0.333. The molecule has 0 saturated carbocycles. The summed E-state index contributed by atoms with van der Waals surface area (Å²) in [6.07, 6.45) is 0.817. The summed E-state index contributed by atoms with van der Waals surface area (Å²) in [6, 6.07) is 6.00. The fourth-order valence-corrected chi connectivity index (χ4v) is 3.73. The van der Waals surface area contributed by atoms with Crippen molar-refractivity contribution in [1.82, 2.24) is 0 Å². The zero-order valence-corrected chi connectivity index (χ0v) is 16.1. The van der Waals surface area contributed by atoms with Crippen molar-refractivity contribution in [1.29, 1.82) is 0 Å². The van der Waals surface area contributed by atoms with Crippen molar-refractivity contribution in [3.8, 4) is 0 Å². The minimum absolute atomic E-state index is 0.00676. The molecule has 3 N–H and O–H groups in total. The van der Waals surface area contributed by atoms with Crippen molar-refractivity contribution >= 4 is 33.3 Å². The second-order valence-electron chi connectivity index (χ2n) is 5.96. The molecule has 0 unspecified atom stereocenters. The topological polar surface area (TPSA) is 126 Å². The number of hydrogen-bond donors (Lipinski definition) is 3. The summed E-state index contributed by atoms with van der Waals surface area (Å²) in [5.74, 6) is -1.70. The number of carbonyl (C=O) groups excluding carboxylic acids is 1. The molecule has 8 nitrogen and oxygen atoms in total. The number of furan rings is 1. The van der Waals surface area contributed by atoms with Gasteiger partial charge >= 0.3 is 5.97 Å². The maximum atomic E-state index is 12.4. The van der Waals surface area contributed by atoms with Gasteiger partial charge in [0.1, 0.15) is 11.3 Å². The van der Waals surface area contributed by atoms with Crippen LogP contribution in [0.15, 0.2) is 28.7 Å². The van der Waals surface area contributed by atoms with E-state index in [1.165, 1.54) is 6.07 Å². The predicted molar refractivity (Wildman–Crippen MR) is 102 cm³/mol. The van der Waals surface area contributed by atoms with Gasteiger partial charge in [0, 0.05) is 18.2 Å². The number of aryl methyl sites for hydroxylation is 1. The molecule has 0 aliphatic rings. The van der Waals surface area contributed by atoms with Gasteiger partial charge in [-0.05, 0) is 31.0 Å². The summed E-state index contributed by atoms with van der Waals surface area (Å²) in [4.78, 5) is 23.6. The standard InChI is InChI=1S/C18H22N2O6S/c1-4-9-27(24,25)20-14-8-6-7-13(11(14)3)19-17(21)16-10-12(18(22)23)15(5-2)26-16/h6-8,10,20H,4-5,9H2,1-3H3,(H,19,21)(H,22,23). The van der Waals surface area contributed by atoms with Crippen LogP contribution in [0.1, 0.15) is 52.5 Å². The second-order valence-corrected chi connectivity index (χ2v) is 7.80. The minimum Gasteiger partial charge on any atom is -0.478 e. The molecule has 0 aliphatic heterocycles. The number of amides is 1. The highest BCUT2D eigenvalue weighted by Gasteiger charge is 2.21. The Bertz CT molecular complexity index is 962. The van der Waals surface area contributed by atoms with E-state index < -0.39 is 21.9 Å². The molecule has 146 valence electrons. The van der Waals surface area contributed by atoms with E-state index in [0.29, 0.717) is 29.8 Å². The van der Waals surface area contributed by atoms with Gasteiger partial charge in [-0.1, -0.05) is 19.9 Å². The van der Waals surface area contributed by atoms with Gasteiger partial charge in [0.15, 0.2) is 5.76 Å². The molecule has 0 saturated heterocycles. The lowest BCUT2D eigenvalue weighted by Crippen LogP contribution is -2.18. The Morgan fingerprint density at radius 2 is 1.85 bits per heavy atom. The first-order chi connectivity index (χ1) is 12.7. The van der Waals surface area contributed by atoms with Gasteiger partial charge in [-0.25, -0.2) is 13.2 Å². The molecule has 27 heavy (non-hydrogen) atoms. The summed E-state index contributed by atoms with van der Waals surface area (Å²) >= 11 is 0. The van der Waals surface area contributed by atoms with Crippen molar-refractivity contribution in [2.75, 3.05) is 15.8 Å². The molecular formula is C18H22N2O6S. The van der Waals surface area contributed by atoms with E-state index >= 15 is 0 Å². The van der Waals surface area contributed by atoms with E-state index in [1.807, 2.05) is 0 Å². The Morgan fingerprint density at radius 1 is 1.19 bits per heavy atom. The van der Waals surface area contributed by atoms with Gasteiger partial charge in [0.2, 0.25) is 10.0 Å². The highest BCUT2D eigenvalue weighted by molar-refractivity contribution is 7.92. The zero-order chi connectivity index (χ0) is 20.2. The first-order valence-corrected chi connectivity index (χ1v) is 10.1. The highest BCUT2D eigenvalue weighted by Crippen LogP contribution is 2.25. The van der Waals surface area contributed by atoms with E-state index in [-0.39, 0.29) is 22.8 Å². The van der Waals surface area contributed by atoms with Gasteiger partial charge in [-0.3, -0.25) is 9.52 Å². The normalized spacial score (nSPS) is 11.2. The lowest BCUT2D eigenvalue weighted by atomic mass is 10.1. The van der Waals surface area contributed by atoms with Crippen molar-refractivity contribution in [3.05, 3.63) is 46.9 Å². The van der Waals surface area contributed by atoms with E-state index in [2.05, 4.69) is 10.0 Å². The number of hydrogen-bond acceptors (Lipinski definition) is 5. The first kappa shape index (κ1) is 20.5. The van der Waals surface area contributed by atoms with Crippen LogP contribution in [0.4, 0.5) is 11.4 Å². The molecule has 2 aromatic rings. The summed E-state index contributed by atoms with van der Waals surface area (Å²) in [5, 5.41) is 11.8. The van der Waals surface area contributed by atoms with Crippen LogP contribution in [-0.2, 0) is 16.4 Å². The van der Waals surface area contributed by atoms with Crippen molar-refractivity contribution < 1.29 is 27.5 Å². The zero-order valence-electron chi connectivity index (χ0n) is 15.3. The monoisotopic (exact) mass is 394 g/mol. The lowest BCUT2D eigenvalue weighted by molar-refractivity contribution is 0.0694. The predicted octanol–water partition coefficient (Wildman–Crippen LogP) is 3.25. The van der Waals surface area contributed by atoms with Crippen molar-refractivity contribution in [3.63, 3.8) is 0 Å². The quantitative estimate of drug-likeness (QED) is 0.631. The molecule has 0 bridgehead atoms. The van der Waals surface area contributed by atoms with Crippen molar-refractivity contribution in [2.45, 2.75) is 33.6 Å². The molecule has 0 aliphatic carbocycles. The first-order valence-electron chi connectivity index (χ1n) is 8.46. The Morgan fingerprint density at radius 3 is 2.41 bits per heavy atom. The van der Waals surface area contributed by atoms with E-state index in [4.69, 9.17) is 9.52 Å². The van der Waals surface area contributed by atoms with Crippen LogP contribution in [0, 0.1) is 6.92 Å². The summed E-state index contributed by atoms with van der Waals surface area (Å²) in [6.45, 7) is 5.16. The van der Waals surface area contributed by atoms with Crippen LogP contribution < -0.4 is 10.0 Å². The molecule has 9 heteroatoms. The molecule has 0 atom stereocenters. The Balaban J connectivity index is 2.26. The summed E-state index contributed by atoms with van der Waals surface area (Å²) in [7, 11) is -3.47. The van der Waals surface area contributed by atoms with Crippen LogP contribution in [0.3, 0.4) is 0 Å². The Kier molecular flexibility index (Phi) is 6.27. The molecule has 1 amide bonds. The molecule has 0 spiro atoms. The van der Waals surface area contributed by atoms with Crippen LogP contribution in [-0.4, -0.2) is 31.2 Å². The summed E-state index contributed by atoms with van der Waals surface area (Å²) in [5.41, 5.74) is 1.23. The highest BCUT2D eigenvalue weighted by atomic mass is 32.2. The van der Waals surface area contributed by atoms with Gasteiger partial charge < -0.3 is 14.8 Å². The number of rotatable bonds is 8. The third-order valence-corrected chi connectivity index (χ3v) is 5.38. The van der Waals surface area contributed by atoms with E-state index in [0.717, 1.165) is 0 Å². The van der Waals surface area contributed by atoms with Crippen LogP contribution in [0.2, 0.25) is 0 Å². The molecule has 1 heterocycles. The third kappa shape index (κ3) is 4.88. The molecule has 0 fully saturated rings. The number of carboxylic acid groups (broad SMARTS) is 1. The van der Waals surface area contributed by atoms with Gasteiger partial charge in [-0.15, -0.1) is 0 Å². The largest absolute Gasteiger partial charge is 0.478 e. The molecule has 0 radical (unpaired) electrons. The Labute approximate surface area is 157 Å². The minimum atomic E-state index is -3.47. The molecule has 2 rings (SSSR count). The van der Waals surface area contributed by atoms with Gasteiger partial charge in [0.05, 0.1) is 11.4 Å². The van der Waals surface area contributed by atoms with Crippen LogP contribution in [0.5, 0.6) is 0 Å². The second kappa shape index (κ2) is 8.26. The van der Waals surface area contributed by atoms with Crippen LogP contribution >= 0.6 is 0 Å².